The van der Waals surface area contributed by atoms with Crippen molar-refractivity contribution in [3.63, 3.8) is 0 Å². The second-order valence-electron chi connectivity index (χ2n) is 4.11. The number of carbonyl (C=O) groups excluding carboxylic acids is 1. The Bertz CT molecular complexity index is 489. The summed E-state index contributed by atoms with van der Waals surface area (Å²) in [5, 5.41) is 17.3. The molecule has 0 aliphatic carbocycles. The van der Waals surface area contributed by atoms with Crippen LogP contribution in [0.4, 0.5) is 0 Å². The Labute approximate surface area is 117 Å². The van der Waals surface area contributed by atoms with Crippen molar-refractivity contribution in [2.45, 2.75) is 13.0 Å². The molecule has 0 saturated heterocycles. The van der Waals surface area contributed by atoms with E-state index >= 15 is 0 Å². The Morgan fingerprint density at radius 2 is 2.25 bits per heavy atom. The first-order valence-corrected chi connectivity index (χ1v) is 6.18. The highest BCUT2D eigenvalue weighted by Crippen LogP contribution is 2.19. The van der Waals surface area contributed by atoms with Crippen LogP contribution in [-0.2, 0) is 11.3 Å². The Kier molecular flexibility index (Phi) is 6.31. The Morgan fingerprint density at radius 3 is 2.85 bits per heavy atom. The minimum absolute atomic E-state index is 0.0186. The van der Waals surface area contributed by atoms with Crippen molar-refractivity contribution in [3.05, 3.63) is 29.3 Å². The van der Waals surface area contributed by atoms with Gasteiger partial charge >= 0.3 is 0 Å². The fourth-order valence-electron chi connectivity index (χ4n) is 1.68. The van der Waals surface area contributed by atoms with E-state index in [4.69, 9.17) is 15.7 Å². The lowest BCUT2D eigenvalue weighted by atomic mass is 10.1. The van der Waals surface area contributed by atoms with Gasteiger partial charge in [-0.1, -0.05) is 5.16 Å². The van der Waals surface area contributed by atoms with Gasteiger partial charge in [-0.25, -0.2) is 0 Å². The van der Waals surface area contributed by atoms with E-state index in [1.807, 2.05) is 0 Å². The zero-order valence-electron chi connectivity index (χ0n) is 11.6. The van der Waals surface area contributed by atoms with Crippen molar-refractivity contribution in [1.82, 2.24) is 10.6 Å². The number of amides is 1. The van der Waals surface area contributed by atoms with E-state index in [0.29, 0.717) is 30.8 Å². The van der Waals surface area contributed by atoms with Crippen molar-refractivity contribution in [2.24, 2.45) is 10.9 Å². The Balaban J connectivity index is 2.69. The van der Waals surface area contributed by atoms with Gasteiger partial charge in [0.1, 0.15) is 5.75 Å². The lowest BCUT2D eigenvalue weighted by molar-refractivity contribution is -0.120. The van der Waals surface area contributed by atoms with E-state index in [0.717, 1.165) is 5.56 Å². The van der Waals surface area contributed by atoms with Crippen LogP contribution in [0.15, 0.2) is 23.4 Å². The summed E-state index contributed by atoms with van der Waals surface area (Å²) in [7, 11) is 3.18. The number of benzene rings is 1. The molecule has 0 unspecified atom stereocenters. The van der Waals surface area contributed by atoms with Gasteiger partial charge in [0, 0.05) is 37.7 Å². The molecular formula is C13H20N4O3. The molecule has 110 valence electrons. The molecule has 0 aromatic heterocycles. The molecule has 1 amide bonds. The number of hydrogen-bond donors (Lipinski definition) is 4. The minimum Gasteiger partial charge on any atom is -0.496 e. The smallest absolute Gasteiger partial charge is 0.221 e. The lowest BCUT2D eigenvalue weighted by Crippen LogP contribution is -2.24. The molecule has 0 saturated carbocycles. The van der Waals surface area contributed by atoms with Gasteiger partial charge in [-0.2, -0.15) is 0 Å². The molecule has 0 spiro atoms. The first kappa shape index (κ1) is 15.8. The fraction of sp³-hybridized carbons (Fsp3) is 0.385. The van der Waals surface area contributed by atoms with E-state index < -0.39 is 0 Å². The van der Waals surface area contributed by atoms with E-state index in [9.17, 15) is 4.79 Å². The largest absolute Gasteiger partial charge is 0.496 e. The molecule has 20 heavy (non-hydrogen) atoms. The van der Waals surface area contributed by atoms with Crippen LogP contribution in [0.5, 0.6) is 5.75 Å². The third kappa shape index (κ3) is 4.43. The van der Waals surface area contributed by atoms with E-state index in [2.05, 4.69) is 15.8 Å². The third-order valence-corrected chi connectivity index (χ3v) is 2.81. The van der Waals surface area contributed by atoms with Gasteiger partial charge in [0.05, 0.1) is 7.11 Å². The van der Waals surface area contributed by atoms with Crippen molar-refractivity contribution >= 4 is 11.7 Å². The van der Waals surface area contributed by atoms with Crippen molar-refractivity contribution in [2.75, 3.05) is 20.7 Å². The SMILES string of the molecule is CNC(=O)CCNCc1cc(/C(N)=N/O)ccc1OC. The summed E-state index contributed by atoms with van der Waals surface area (Å²) in [5.41, 5.74) is 7.03. The summed E-state index contributed by atoms with van der Waals surface area (Å²) in [6.45, 7) is 1.07. The Morgan fingerprint density at radius 1 is 1.50 bits per heavy atom. The third-order valence-electron chi connectivity index (χ3n) is 2.81. The van der Waals surface area contributed by atoms with E-state index in [-0.39, 0.29) is 11.7 Å². The number of nitrogens with two attached hydrogens (primary N) is 1. The zero-order valence-corrected chi connectivity index (χ0v) is 11.6. The monoisotopic (exact) mass is 280 g/mol. The summed E-state index contributed by atoms with van der Waals surface area (Å²) in [6.07, 6.45) is 0.402. The molecule has 0 fully saturated rings. The number of nitrogens with zero attached hydrogens (tertiary/aromatic N) is 1. The van der Waals surface area contributed by atoms with Crippen LogP contribution in [0.2, 0.25) is 0 Å². The number of ether oxygens (including phenoxy) is 1. The second-order valence-corrected chi connectivity index (χ2v) is 4.11. The fourth-order valence-corrected chi connectivity index (χ4v) is 1.68. The van der Waals surface area contributed by atoms with Gasteiger partial charge in [-0.15, -0.1) is 0 Å². The average molecular weight is 280 g/mol. The van der Waals surface area contributed by atoms with Gasteiger partial charge in [0.2, 0.25) is 5.91 Å². The standard InChI is InChI=1S/C13H20N4O3/c1-15-12(18)5-6-16-8-10-7-9(13(14)17-19)3-4-11(10)20-2/h3-4,7,16,19H,5-6,8H2,1-2H3,(H2,14,17)(H,15,18). The van der Waals surface area contributed by atoms with Gasteiger partial charge in [0.15, 0.2) is 5.84 Å². The van der Waals surface area contributed by atoms with Crippen LogP contribution in [0.3, 0.4) is 0 Å². The van der Waals surface area contributed by atoms with Crippen molar-refractivity contribution in [1.29, 1.82) is 0 Å². The zero-order chi connectivity index (χ0) is 15.0. The number of amidine groups is 1. The number of carbonyl (C=O) groups is 1. The highest BCUT2D eigenvalue weighted by atomic mass is 16.5. The minimum atomic E-state index is -0.0186. The Hall–Kier alpha value is -2.28. The summed E-state index contributed by atoms with van der Waals surface area (Å²) in [4.78, 5) is 11.1. The predicted octanol–water partition coefficient (Wildman–Crippen LogP) is 0.0154. The van der Waals surface area contributed by atoms with Crippen LogP contribution >= 0.6 is 0 Å². The van der Waals surface area contributed by atoms with Crippen LogP contribution in [-0.4, -0.2) is 37.7 Å². The quantitative estimate of drug-likeness (QED) is 0.185. The molecular weight excluding hydrogens is 260 g/mol. The molecule has 1 rings (SSSR count). The van der Waals surface area contributed by atoms with E-state index in [1.54, 1.807) is 32.4 Å². The van der Waals surface area contributed by atoms with Gasteiger partial charge in [0.25, 0.3) is 0 Å². The molecule has 7 nitrogen and oxygen atoms in total. The number of hydrogen-bond acceptors (Lipinski definition) is 5. The number of methoxy groups -OCH3 is 1. The van der Waals surface area contributed by atoms with Crippen LogP contribution < -0.4 is 21.1 Å². The molecule has 5 N–H and O–H groups in total. The molecule has 0 heterocycles. The lowest BCUT2D eigenvalue weighted by Gasteiger charge is -2.11. The van der Waals surface area contributed by atoms with Crippen molar-refractivity contribution < 1.29 is 14.7 Å². The summed E-state index contributed by atoms with van der Waals surface area (Å²) in [6, 6.07) is 5.24. The molecule has 1 aromatic rings. The maximum absolute atomic E-state index is 11.1. The van der Waals surface area contributed by atoms with Gasteiger partial charge < -0.3 is 26.3 Å². The van der Waals surface area contributed by atoms with Gasteiger partial charge in [-0.3, -0.25) is 4.79 Å². The van der Waals surface area contributed by atoms with Crippen molar-refractivity contribution in [3.8, 4) is 5.75 Å². The molecule has 7 heteroatoms. The van der Waals surface area contributed by atoms with Crippen LogP contribution in [0.1, 0.15) is 17.5 Å². The summed E-state index contributed by atoms with van der Waals surface area (Å²) in [5.74, 6) is 0.723. The highest BCUT2D eigenvalue weighted by Gasteiger charge is 2.07. The van der Waals surface area contributed by atoms with Crippen LogP contribution in [0, 0.1) is 0 Å². The second kappa shape index (κ2) is 8.00. The van der Waals surface area contributed by atoms with Crippen LogP contribution in [0.25, 0.3) is 0 Å². The maximum Gasteiger partial charge on any atom is 0.221 e. The normalized spacial score (nSPS) is 11.2. The molecule has 0 aliphatic rings. The summed E-state index contributed by atoms with van der Waals surface area (Å²) < 4.78 is 5.25. The first-order valence-electron chi connectivity index (χ1n) is 6.18. The highest BCUT2D eigenvalue weighted by molar-refractivity contribution is 5.97. The van der Waals surface area contributed by atoms with E-state index in [1.165, 1.54) is 0 Å². The average Bonchev–Trinajstić information content (AvgIpc) is 2.50. The first-order chi connectivity index (χ1) is 9.62. The van der Waals surface area contributed by atoms with Gasteiger partial charge in [-0.05, 0) is 18.2 Å². The summed E-state index contributed by atoms with van der Waals surface area (Å²) >= 11 is 0. The molecule has 0 atom stereocenters. The predicted molar refractivity (Wildman–Crippen MR) is 75.9 cm³/mol. The number of nitrogens with one attached hydrogen (secondary N) is 2. The number of rotatable bonds is 7. The number of oxime groups is 1. The molecule has 1 aromatic carbocycles. The molecule has 0 aliphatic heterocycles. The molecule has 0 bridgehead atoms. The topological polar surface area (TPSA) is 109 Å². The molecule has 0 radical (unpaired) electrons. The maximum atomic E-state index is 11.1.